The number of nitrogens with zero attached hydrogens (tertiary/aromatic N) is 1. The first-order valence-electron chi connectivity index (χ1n) is 11.8. The summed E-state index contributed by atoms with van der Waals surface area (Å²) in [5.41, 5.74) is 6.33. The molecular formula is C28H27FN2O4. The first-order valence-corrected chi connectivity index (χ1v) is 11.8. The van der Waals surface area contributed by atoms with Crippen LogP contribution in [0.3, 0.4) is 0 Å². The predicted octanol–water partition coefficient (Wildman–Crippen LogP) is 4.94. The lowest BCUT2D eigenvalue weighted by atomic mass is 9.82. The Balaban J connectivity index is 1.17. The number of benzene rings is 3. The minimum Gasteiger partial charge on any atom is -0.373 e. The molecule has 1 atom stereocenters. The Morgan fingerprint density at radius 1 is 0.943 bits per heavy atom. The molecule has 180 valence electrons. The van der Waals surface area contributed by atoms with Crippen LogP contribution in [-0.2, 0) is 27.4 Å². The van der Waals surface area contributed by atoms with Crippen molar-refractivity contribution in [2.75, 3.05) is 6.54 Å². The third-order valence-electron chi connectivity index (χ3n) is 6.73. The first-order chi connectivity index (χ1) is 17.1. The molecule has 1 aliphatic heterocycles. The normalized spacial score (nSPS) is 20.9. The molecule has 35 heavy (non-hydrogen) atoms. The Kier molecular flexibility index (Phi) is 6.77. The van der Waals surface area contributed by atoms with E-state index in [0.29, 0.717) is 32.4 Å². The van der Waals surface area contributed by atoms with Gasteiger partial charge < -0.3 is 14.5 Å². The van der Waals surface area contributed by atoms with Gasteiger partial charge in [-0.05, 0) is 53.6 Å². The Labute approximate surface area is 203 Å². The maximum atomic E-state index is 13.5. The molecule has 6 nitrogen and oxygen atoms in total. The minimum atomic E-state index is -0.502. The van der Waals surface area contributed by atoms with Crippen molar-refractivity contribution in [3.05, 3.63) is 107 Å². The fourth-order valence-electron chi connectivity index (χ4n) is 4.71. The number of amides is 2. The molecule has 1 unspecified atom stereocenters. The van der Waals surface area contributed by atoms with Crippen molar-refractivity contribution in [2.45, 2.75) is 38.0 Å². The molecule has 0 radical (unpaired) electrons. The van der Waals surface area contributed by atoms with Crippen molar-refractivity contribution in [1.29, 1.82) is 0 Å². The molecule has 1 heterocycles. The largest absolute Gasteiger partial charge is 0.373 e. The van der Waals surface area contributed by atoms with E-state index in [1.165, 1.54) is 12.1 Å². The summed E-state index contributed by atoms with van der Waals surface area (Å²) in [6, 6.07) is 23.0. The van der Waals surface area contributed by atoms with Crippen LogP contribution >= 0.6 is 0 Å². The van der Waals surface area contributed by atoms with Gasteiger partial charge in [-0.25, -0.2) is 14.0 Å². The summed E-state index contributed by atoms with van der Waals surface area (Å²) in [6.45, 7) is 0.951. The Morgan fingerprint density at radius 3 is 2.43 bits per heavy atom. The highest BCUT2D eigenvalue weighted by atomic mass is 19.1. The molecule has 0 bridgehead atoms. The van der Waals surface area contributed by atoms with E-state index in [0.717, 1.165) is 22.3 Å². The molecule has 1 fully saturated rings. The zero-order chi connectivity index (χ0) is 24.2. The van der Waals surface area contributed by atoms with Crippen LogP contribution in [0, 0.1) is 11.7 Å². The summed E-state index contributed by atoms with van der Waals surface area (Å²) in [5.74, 6) is -1.10. The fraction of sp³-hybridized carbons (Fsp3) is 0.286. The molecule has 2 amide bonds. The van der Waals surface area contributed by atoms with Crippen molar-refractivity contribution in [2.24, 2.45) is 5.92 Å². The Hall–Kier alpha value is -3.71. The number of rotatable bonds is 5. The van der Waals surface area contributed by atoms with E-state index >= 15 is 0 Å². The number of hydrogen-bond donors (Lipinski definition) is 1. The zero-order valence-corrected chi connectivity index (χ0v) is 19.2. The van der Waals surface area contributed by atoms with E-state index in [1.54, 1.807) is 17.0 Å². The van der Waals surface area contributed by atoms with E-state index in [2.05, 4.69) is 5.48 Å². The number of hydrogen-bond acceptors (Lipinski definition) is 4. The van der Waals surface area contributed by atoms with Crippen molar-refractivity contribution >= 4 is 12.0 Å². The third kappa shape index (κ3) is 5.20. The number of halogens is 1. The lowest BCUT2D eigenvalue weighted by Gasteiger charge is -2.37. The van der Waals surface area contributed by atoms with Gasteiger partial charge in [-0.2, -0.15) is 5.48 Å². The van der Waals surface area contributed by atoms with Gasteiger partial charge in [0.25, 0.3) is 0 Å². The van der Waals surface area contributed by atoms with Gasteiger partial charge in [0.05, 0.1) is 24.7 Å². The van der Waals surface area contributed by atoms with Crippen LogP contribution in [0.2, 0.25) is 0 Å². The Morgan fingerprint density at radius 2 is 1.66 bits per heavy atom. The van der Waals surface area contributed by atoms with Crippen molar-refractivity contribution in [1.82, 2.24) is 10.4 Å². The van der Waals surface area contributed by atoms with Crippen LogP contribution in [0.4, 0.5) is 9.18 Å². The lowest BCUT2D eigenvalue weighted by molar-refractivity contribution is -0.164. The van der Waals surface area contributed by atoms with Gasteiger partial charge in [0.15, 0.2) is 0 Å². The molecule has 1 N–H and O–H groups in total. The maximum Gasteiger partial charge on any atom is 0.351 e. The van der Waals surface area contributed by atoms with Gasteiger partial charge in [-0.1, -0.05) is 66.7 Å². The quantitative estimate of drug-likeness (QED) is 0.532. The number of hydroxylamine groups is 1. The van der Waals surface area contributed by atoms with E-state index < -0.39 is 18.0 Å². The summed E-state index contributed by atoms with van der Waals surface area (Å²) in [6.07, 6.45) is 1.82. The number of urea groups is 1. The molecular weight excluding hydrogens is 447 g/mol. The number of nitrogens with one attached hydrogen (secondary N) is 1. The van der Waals surface area contributed by atoms with Gasteiger partial charge in [0.1, 0.15) is 5.82 Å². The standard InChI is InChI=1S/C28H27FN2O4/c29-23-12-10-21(11-13-23)26-25-9-5-4-8-20(25)14-15-31(26)28(33)30-35-27(32)22-16-24(17-22)34-18-19-6-2-1-3-7-19/h1-13,22,24,26H,14-18H2,(H,30,33). The number of fused-ring (bicyclic) bond motifs is 1. The highest BCUT2D eigenvalue weighted by Gasteiger charge is 2.38. The Bertz CT molecular complexity index is 1180. The highest BCUT2D eigenvalue weighted by Crippen LogP contribution is 2.35. The molecule has 0 saturated heterocycles. The molecule has 7 heteroatoms. The average Bonchev–Trinajstić information content (AvgIpc) is 2.87. The minimum absolute atomic E-state index is 0.00455. The molecule has 2 aliphatic rings. The van der Waals surface area contributed by atoms with Crippen LogP contribution < -0.4 is 5.48 Å². The van der Waals surface area contributed by atoms with Gasteiger partial charge in [-0.3, -0.25) is 0 Å². The van der Waals surface area contributed by atoms with Crippen LogP contribution in [0.15, 0.2) is 78.9 Å². The second kappa shape index (κ2) is 10.3. The first kappa shape index (κ1) is 23.1. The van der Waals surface area contributed by atoms with Gasteiger partial charge in [0, 0.05) is 6.54 Å². The second-order valence-corrected chi connectivity index (χ2v) is 9.01. The van der Waals surface area contributed by atoms with Crippen molar-refractivity contribution in [3.63, 3.8) is 0 Å². The maximum absolute atomic E-state index is 13.5. The summed E-state index contributed by atoms with van der Waals surface area (Å²) < 4.78 is 19.4. The molecule has 0 spiro atoms. The number of carbonyl (C=O) groups excluding carboxylic acids is 2. The smallest absolute Gasteiger partial charge is 0.351 e. The predicted molar refractivity (Wildman–Crippen MR) is 127 cm³/mol. The fourth-order valence-corrected chi connectivity index (χ4v) is 4.71. The third-order valence-corrected chi connectivity index (χ3v) is 6.73. The molecule has 3 aromatic rings. The monoisotopic (exact) mass is 474 g/mol. The van der Waals surface area contributed by atoms with Crippen LogP contribution in [0.1, 0.15) is 41.1 Å². The second-order valence-electron chi connectivity index (χ2n) is 9.01. The van der Waals surface area contributed by atoms with E-state index in [-0.39, 0.29) is 17.8 Å². The summed E-state index contributed by atoms with van der Waals surface area (Å²) in [5, 5.41) is 0. The van der Waals surface area contributed by atoms with E-state index in [4.69, 9.17) is 9.57 Å². The molecule has 5 rings (SSSR count). The zero-order valence-electron chi connectivity index (χ0n) is 19.2. The summed E-state index contributed by atoms with van der Waals surface area (Å²) in [7, 11) is 0. The van der Waals surface area contributed by atoms with Gasteiger partial charge >= 0.3 is 12.0 Å². The molecule has 1 aliphatic carbocycles. The number of ether oxygens (including phenoxy) is 1. The lowest BCUT2D eigenvalue weighted by Crippen LogP contribution is -2.48. The highest BCUT2D eigenvalue weighted by molar-refractivity contribution is 5.79. The van der Waals surface area contributed by atoms with Crippen LogP contribution in [0.25, 0.3) is 0 Å². The van der Waals surface area contributed by atoms with Crippen LogP contribution in [0.5, 0.6) is 0 Å². The molecule has 3 aromatic carbocycles. The molecule has 1 saturated carbocycles. The van der Waals surface area contributed by atoms with E-state index in [1.807, 2.05) is 54.6 Å². The summed E-state index contributed by atoms with van der Waals surface area (Å²) >= 11 is 0. The van der Waals surface area contributed by atoms with Gasteiger partial charge in [0.2, 0.25) is 0 Å². The summed E-state index contributed by atoms with van der Waals surface area (Å²) in [4.78, 5) is 32.3. The van der Waals surface area contributed by atoms with E-state index in [9.17, 15) is 14.0 Å². The average molecular weight is 475 g/mol. The van der Waals surface area contributed by atoms with Gasteiger partial charge in [-0.15, -0.1) is 0 Å². The topological polar surface area (TPSA) is 67.9 Å². The number of carbonyl (C=O) groups is 2. The molecule has 0 aromatic heterocycles. The SMILES string of the molecule is O=C(ONC(=O)N1CCc2ccccc2C1c1ccc(F)cc1)C1CC(OCc2ccccc2)C1. The van der Waals surface area contributed by atoms with Crippen molar-refractivity contribution in [3.8, 4) is 0 Å². The van der Waals surface area contributed by atoms with Crippen molar-refractivity contribution < 1.29 is 23.6 Å². The van der Waals surface area contributed by atoms with Crippen LogP contribution in [-0.4, -0.2) is 29.5 Å².